The Morgan fingerprint density at radius 1 is 1.12 bits per heavy atom. The van der Waals surface area contributed by atoms with Gasteiger partial charge in [0, 0.05) is 64.1 Å². The fourth-order valence-corrected chi connectivity index (χ4v) is 2.87. The molecule has 1 aliphatic rings. The molecule has 7 nitrogen and oxygen atoms in total. The second kappa shape index (κ2) is 8.41. The summed E-state index contributed by atoms with van der Waals surface area (Å²) in [6, 6.07) is 6.02. The molecule has 1 fully saturated rings. The van der Waals surface area contributed by atoms with Crippen LogP contribution in [-0.2, 0) is 6.42 Å². The number of anilines is 1. The van der Waals surface area contributed by atoms with Gasteiger partial charge in [-0.25, -0.2) is 9.97 Å². The van der Waals surface area contributed by atoms with Crippen LogP contribution in [0.1, 0.15) is 11.3 Å². The van der Waals surface area contributed by atoms with Gasteiger partial charge in [-0.05, 0) is 31.0 Å². The third-order valence-corrected chi connectivity index (χ3v) is 4.30. The number of piperazine rings is 1. The van der Waals surface area contributed by atoms with E-state index in [2.05, 4.69) is 47.2 Å². The van der Waals surface area contributed by atoms with Gasteiger partial charge in [0.1, 0.15) is 0 Å². The van der Waals surface area contributed by atoms with E-state index in [1.54, 1.807) is 12.4 Å². The van der Waals surface area contributed by atoms with Crippen molar-refractivity contribution in [2.45, 2.75) is 13.3 Å². The van der Waals surface area contributed by atoms with Crippen molar-refractivity contribution in [1.29, 1.82) is 0 Å². The molecule has 1 N–H and O–H groups in total. The molecule has 0 amide bonds. The Morgan fingerprint density at radius 3 is 2.52 bits per heavy atom. The molecule has 7 heteroatoms. The molecule has 0 spiro atoms. The highest BCUT2D eigenvalue weighted by molar-refractivity contribution is 5.80. The van der Waals surface area contributed by atoms with Gasteiger partial charge < -0.3 is 15.1 Å². The molecule has 132 valence electrons. The standard InChI is InChI=1S/C18H25N7/c1-15-4-5-16(14-23-15)6-9-22-17(19-2)24-10-12-25(13-11-24)18-20-7-3-8-21-18/h3-5,7-8,14H,6,9-13H2,1-2H3,(H,19,22). The van der Waals surface area contributed by atoms with Gasteiger partial charge in [0.2, 0.25) is 5.95 Å². The Morgan fingerprint density at radius 2 is 1.88 bits per heavy atom. The summed E-state index contributed by atoms with van der Waals surface area (Å²) < 4.78 is 0. The number of aromatic nitrogens is 3. The van der Waals surface area contributed by atoms with Crippen LogP contribution in [0.25, 0.3) is 0 Å². The van der Waals surface area contributed by atoms with Crippen molar-refractivity contribution >= 4 is 11.9 Å². The Bertz CT molecular complexity index is 676. The largest absolute Gasteiger partial charge is 0.356 e. The number of rotatable bonds is 4. The van der Waals surface area contributed by atoms with Crippen LogP contribution < -0.4 is 10.2 Å². The molecule has 2 aromatic heterocycles. The third kappa shape index (κ3) is 4.65. The van der Waals surface area contributed by atoms with Crippen LogP contribution in [0.15, 0.2) is 41.8 Å². The minimum absolute atomic E-state index is 0.803. The highest BCUT2D eigenvalue weighted by atomic mass is 15.4. The maximum absolute atomic E-state index is 4.42. The van der Waals surface area contributed by atoms with E-state index in [0.29, 0.717) is 0 Å². The molecule has 0 radical (unpaired) electrons. The lowest BCUT2D eigenvalue weighted by atomic mass is 10.2. The number of nitrogens with one attached hydrogen (secondary N) is 1. The maximum atomic E-state index is 4.42. The zero-order chi connectivity index (χ0) is 17.5. The Hall–Kier alpha value is -2.70. The quantitative estimate of drug-likeness (QED) is 0.665. The van der Waals surface area contributed by atoms with Gasteiger partial charge in [-0.3, -0.25) is 9.98 Å². The van der Waals surface area contributed by atoms with Gasteiger partial charge in [-0.1, -0.05) is 6.07 Å². The minimum atomic E-state index is 0.803. The first-order chi connectivity index (χ1) is 12.3. The monoisotopic (exact) mass is 339 g/mol. The summed E-state index contributed by atoms with van der Waals surface area (Å²) >= 11 is 0. The summed E-state index contributed by atoms with van der Waals surface area (Å²) in [5.74, 6) is 1.76. The van der Waals surface area contributed by atoms with Crippen molar-refractivity contribution < 1.29 is 0 Å². The predicted molar refractivity (Wildman–Crippen MR) is 99.9 cm³/mol. The van der Waals surface area contributed by atoms with Gasteiger partial charge in [-0.2, -0.15) is 0 Å². The highest BCUT2D eigenvalue weighted by Gasteiger charge is 2.20. The van der Waals surface area contributed by atoms with E-state index in [-0.39, 0.29) is 0 Å². The molecule has 2 aromatic rings. The SMILES string of the molecule is CN=C(NCCc1ccc(C)nc1)N1CCN(c2ncccn2)CC1. The fourth-order valence-electron chi connectivity index (χ4n) is 2.87. The second-order valence-corrected chi connectivity index (χ2v) is 6.05. The summed E-state index contributed by atoms with van der Waals surface area (Å²) in [6.45, 7) is 6.46. The smallest absolute Gasteiger partial charge is 0.225 e. The van der Waals surface area contributed by atoms with E-state index >= 15 is 0 Å². The van der Waals surface area contributed by atoms with Crippen molar-refractivity contribution in [1.82, 2.24) is 25.2 Å². The lowest BCUT2D eigenvalue weighted by Crippen LogP contribution is -2.53. The van der Waals surface area contributed by atoms with Crippen molar-refractivity contribution in [3.05, 3.63) is 48.0 Å². The van der Waals surface area contributed by atoms with Crippen LogP contribution >= 0.6 is 0 Å². The lowest BCUT2D eigenvalue weighted by molar-refractivity contribution is 0.370. The topological polar surface area (TPSA) is 69.5 Å². The number of hydrogen-bond donors (Lipinski definition) is 1. The van der Waals surface area contributed by atoms with Gasteiger partial charge in [0.15, 0.2) is 5.96 Å². The lowest BCUT2D eigenvalue weighted by Gasteiger charge is -2.36. The second-order valence-electron chi connectivity index (χ2n) is 6.05. The molecule has 0 unspecified atom stereocenters. The minimum Gasteiger partial charge on any atom is -0.356 e. The van der Waals surface area contributed by atoms with Gasteiger partial charge in [0.25, 0.3) is 0 Å². The van der Waals surface area contributed by atoms with Gasteiger partial charge >= 0.3 is 0 Å². The summed E-state index contributed by atoms with van der Waals surface area (Å²) in [4.78, 5) is 21.9. The van der Waals surface area contributed by atoms with Crippen LogP contribution in [-0.4, -0.2) is 65.6 Å². The molecule has 0 saturated carbocycles. The predicted octanol–water partition coefficient (Wildman–Crippen LogP) is 1.12. The van der Waals surface area contributed by atoms with E-state index in [0.717, 1.165) is 56.7 Å². The summed E-state index contributed by atoms with van der Waals surface area (Å²) in [7, 11) is 1.84. The highest BCUT2D eigenvalue weighted by Crippen LogP contribution is 2.09. The average Bonchev–Trinajstić information content (AvgIpc) is 2.68. The number of nitrogens with zero attached hydrogens (tertiary/aromatic N) is 6. The first kappa shape index (κ1) is 17.1. The van der Waals surface area contributed by atoms with Crippen LogP contribution in [0.2, 0.25) is 0 Å². The van der Waals surface area contributed by atoms with E-state index in [1.165, 1.54) is 5.56 Å². The summed E-state index contributed by atoms with van der Waals surface area (Å²) in [5, 5.41) is 3.46. The zero-order valence-corrected chi connectivity index (χ0v) is 14.9. The van der Waals surface area contributed by atoms with E-state index in [9.17, 15) is 0 Å². The Labute approximate surface area is 148 Å². The molecule has 25 heavy (non-hydrogen) atoms. The molecular weight excluding hydrogens is 314 g/mol. The molecule has 1 saturated heterocycles. The van der Waals surface area contributed by atoms with E-state index < -0.39 is 0 Å². The fraction of sp³-hybridized carbons (Fsp3) is 0.444. The maximum Gasteiger partial charge on any atom is 0.225 e. The number of pyridine rings is 1. The number of aliphatic imine (C=N–C) groups is 1. The third-order valence-electron chi connectivity index (χ3n) is 4.30. The van der Waals surface area contributed by atoms with E-state index in [1.807, 2.05) is 26.2 Å². The van der Waals surface area contributed by atoms with Crippen molar-refractivity contribution in [2.24, 2.45) is 4.99 Å². The zero-order valence-electron chi connectivity index (χ0n) is 14.9. The first-order valence-electron chi connectivity index (χ1n) is 8.65. The summed E-state index contributed by atoms with van der Waals surface area (Å²) in [5.41, 5.74) is 2.28. The van der Waals surface area contributed by atoms with Crippen LogP contribution in [0.3, 0.4) is 0 Å². The molecule has 3 heterocycles. The van der Waals surface area contributed by atoms with Crippen molar-refractivity contribution in [3.8, 4) is 0 Å². The Kier molecular flexibility index (Phi) is 5.77. The molecule has 1 aliphatic heterocycles. The Balaban J connectivity index is 1.47. The van der Waals surface area contributed by atoms with Gasteiger partial charge in [-0.15, -0.1) is 0 Å². The average molecular weight is 339 g/mol. The van der Waals surface area contributed by atoms with Crippen molar-refractivity contribution in [2.75, 3.05) is 44.7 Å². The first-order valence-corrected chi connectivity index (χ1v) is 8.65. The molecular formula is C18H25N7. The van der Waals surface area contributed by atoms with Crippen LogP contribution in [0.4, 0.5) is 5.95 Å². The molecule has 0 aromatic carbocycles. The summed E-state index contributed by atoms with van der Waals surface area (Å²) in [6.07, 6.45) is 6.45. The molecule has 0 aliphatic carbocycles. The van der Waals surface area contributed by atoms with E-state index in [4.69, 9.17) is 0 Å². The molecule has 0 atom stereocenters. The van der Waals surface area contributed by atoms with Gasteiger partial charge in [0.05, 0.1) is 0 Å². The number of aryl methyl sites for hydroxylation is 1. The number of guanidine groups is 1. The molecule has 3 rings (SSSR count). The van der Waals surface area contributed by atoms with Crippen LogP contribution in [0, 0.1) is 6.92 Å². The normalized spacial score (nSPS) is 15.4. The molecule has 0 bridgehead atoms. The number of hydrogen-bond acceptors (Lipinski definition) is 5. The van der Waals surface area contributed by atoms with Crippen LogP contribution in [0.5, 0.6) is 0 Å². The van der Waals surface area contributed by atoms with Crippen molar-refractivity contribution in [3.63, 3.8) is 0 Å².